The highest BCUT2D eigenvalue weighted by atomic mass is 16.7. The van der Waals surface area contributed by atoms with Gasteiger partial charge < -0.3 is 23.7 Å². The van der Waals surface area contributed by atoms with Crippen molar-refractivity contribution in [3.8, 4) is 52.4 Å². The summed E-state index contributed by atoms with van der Waals surface area (Å²) in [7, 11) is 4.75. The zero-order chi connectivity index (χ0) is 24.2. The van der Waals surface area contributed by atoms with Crippen LogP contribution in [-0.4, -0.2) is 28.1 Å². The molecule has 4 aromatic carbocycles. The first-order valence-corrected chi connectivity index (χ1v) is 10.9. The van der Waals surface area contributed by atoms with Crippen LogP contribution >= 0.6 is 0 Å². The van der Waals surface area contributed by atoms with E-state index >= 15 is 0 Å². The first kappa shape index (κ1) is 22.1. The molecule has 5 nitrogen and oxygen atoms in total. The lowest BCUT2D eigenvalue weighted by Gasteiger charge is -2.12. The fourth-order valence-electron chi connectivity index (χ4n) is 3.82. The third-order valence-electron chi connectivity index (χ3n) is 5.58. The van der Waals surface area contributed by atoms with E-state index in [1.807, 2.05) is 42.5 Å². The largest absolute Gasteiger partial charge is 0.493 e. The first-order chi connectivity index (χ1) is 17.2. The molecule has 0 aromatic heterocycles. The minimum Gasteiger partial charge on any atom is -0.493 e. The Morgan fingerprint density at radius 1 is 0.543 bits per heavy atom. The van der Waals surface area contributed by atoms with Crippen molar-refractivity contribution in [2.24, 2.45) is 0 Å². The number of rotatable bonds is 3. The van der Waals surface area contributed by atoms with Crippen LogP contribution in [0.4, 0.5) is 0 Å². The van der Waals surface area contributed by atoms with Crippen molar-refractivity contribution in [1.29, 1.82) is 0 Å². The van der Waals surface area contributed by atoms with Gasteiger partial charge in [-0.05, 0) is 65.4 Å². The van der Waals surface area contributed by atoms with Gasteiger partial charge in [-0.1, -0.05) is 35.8 Å². The average Bonchev–Trinajstić information content (AvgIpc) is 3.37. The summed E-state index contributed by atoms with van der Waals surface area (Å²) < 4.78 is 27.0. The van der Waals surface area contributed by atoms with Gasteiger partial charge in [0.15, 0.2) is 23.0 Å². The lowest BCUT2D eigenvalue weighted by Crippen LogP contribution is -1.95. The number of methoxy groups -OCH3 is 3. The van der Waals surface area contributed by atoms with Gasteiger partial charge in [0.1, 0.15) is 0 Å². The van der Waals surface area contributed by atoms with E-state index in [1.54, 1.807) is 21.3 Å². The minimum absolute atomic E-state index is 0.252. The third kappa shape index (κ3) is 4.67. The second kappa shape index (κ2) is 9.63. The lowest BCUT2D eigenvalue weighted by atomic mass is 10.0. The van der Waals surface area contributed by atoms with Crippen molar-refractivity contribution in [3.63, 3.8) is 0 Å². The van der Waals surface area contributed by atoms with Gasteiger partial charge in [-0.15, -0.1) is 0 Å². The van der Waals surface area contributed by atoms with Gasteiger partial charge in [0.05, 0.1) is 21.3 Å². The molecule has 0 fully saturated rings. The van der Waals surface area contributed by atoms with Gasteiger partial charge in [0.2, 0.25) is 12.5 Å². The van der Waals surface area contributed by atoms with Crippen molar-refractivity contribution >= 4 is 10.8 Å². The molecule has 1 heterocycles. The molecule has 0 unspecified atom stereocenters. The molecule has 0 saturated carbocycles. The van der Waals surface area contributed by atoms with Crippen LogP contribution in [0.25, 0.3) is 10.8 Å². The quantitative estimate of drug-likeness (QED) is 0.382. The fourth-order valence-corrected chi connectivity index (χ4v) is 3.82. The molecule has 0 saturated heterocycles. The molecule has 0 N–H and O–H groups in total. The van der Waals surface area contributed by atoms with Crippen LogP contribution in [0, 0.1) is 23.7 Å². The normalized spacial score (nSPS) is 11.2. The molecule has 5 heteroatoms. The average molecular weight is 463 g/mol. The molecule has 0 atom stereocenters. The van der Waals surface area contributed by atoms with Gasteiger partial charge in [-0.25, -0.2) is 0 Å². The van der Waals surface area contributed by atoms with Crippen molar-refractivity contribution in [1.82, 2.24) is 0 Å². The molecule has 1 aliphatic rings. The van der Waals surface area contributed by atoms with Gasteiger partial charge in [-0.3, -0.25) is 0 Å². The summed E-state index contributed by atoms with van der Waals surface area (Å²) in [6, 6.07) is 21.6. The molecular formula is C30H22O5. The maximum Gasteiger partial charge on any atom is 0.231 e. The first-order valence-electron chi connectivity index (χ1n) is 10.9. The van der Waals surface area contributed by atoms with Gasteiger partial charge in [-0.2, -0.15) is 0 Å². The number of hydrogen-bond donors (Lipinski definition) is 0. The van der Waals surface area contributed by atoms with Crippen LogP contribution in [0.2, 0.25) is 0 Å². The monoisotopic (exact) mass is 462 g/mol. The summed E-state index contributed by atoms with van der Waals surface area (Å²) in [6.07, 6.45) is 0. The second-order valence-electron chi connectivity index (χ2n) is 7.76. The third-order valence-corrected chi connectivity index (χ3v) is 5.58. The maximum absolute atomic E-state index is 5.43. The second-order valence-corrected chi connectivity index (χ2v) is 7.76. The zero-order valence-corrected chi connectivity index (χ0v) is 19.6. The number of ether oxygens (including phenoxy) is 5. The van der Waals surface area contributed by atoms with Crippen molar-refractivity contribution in [2.75, 3.05) is 28.1 Å². The number of hydrogen-bond acceptors (Lipinski definition) is 5. The smallest absolute Gasteiger partial charge is 0.231 e. The Labute approximate surface area is 204 Å². The van der Waals surface area contributed by atoms with E-state index in [9.17, 15) is 0 Å². The molecule has 0 aliphatic carbocycles. The predicted molar refractivity (Wildman–Crippen MR) is 135 cm³/mol. The molecule has 4 aromatic rings. The van der Waals surface area contributed by atoms with E-state index in [0.717, 1.165) is 44.5 Å². The van der Waals surface area contributed by atoms with E-state index in [1.165, 1.54) is 0 Å². The molecular weight excluding hydrogens is 440 g/mol. The molecule has 0 amide bonds. The highest BCUT2D eigenvalue weighted by Crippen LogP contribution is 2.38. The van der Waals surface area contributed by atoms with E-state index in [-0.39, 0.29) is 6.79 Å². The molecule has 1 aliphatic heterocycles. The lowest BCUT2D eigenvalue weighted by molar-refractivity contribution is 0.174. The van der Waals surface area contributed by atoms with Crippen molar-refractivity contribution in [2.45, 2.75) is 0 Å². The number of fused-ring (bicyclic) bond motifs is 2. The van der Waals surface area contributed by atoms with Gasteiger partial charge >= 0.3 is 0 Å². The Balaban J connectivity index is 1.43. The Hall–Kier alpha value is -4.74. The SMILES string of the molecule is COc1cc(C#Cc2ccc3ccc(C#Cc4ccc5c(c4)OCO5)cc3c2)cc(OC)c1OC. The predicted octanol–water partition coefficient (Wildman–Crippen LogP) is 5.39. The summed E-state index contributed by atoms with van der Waals surface area (Å²) in [5, 5.41) is 2.19. The Morgan fingerprint density at radius 2 is 1.09 bits per heavy atom. The molecule has 0 radical (unpaired) electrons. The standard InChI is InChI=1S/C30H22O5/c1-31-28-17-23(18-29(32-2)30(28)33-3)7-6-21-9-12-24-11-8-20(14-25(24)15-21)4-5-22-10-13-26-27(16-22)35-19-34-26/h8-18H,19H2,1-3H3. The Bertz CT molecular complexity index is 1520. The summed E-state index contributed by atoms with van der Waals surface area (Å²) >= 11 is 0. The minimum atomic E-state index is 0.252. The van der Waals surface area contributed by atoms with Crippen LogP contribution in [-0.2, 0) is 0 Å². The zero-order valence-electron chi connectivity index (χ0n) is 19.6. The molecule has 0 spiro atoms. The summed E-state index contributed by atoms with van der Waals surface area (Å²) in [5.41, 5.74) is 3.46. The van der Waals surface area contributed by atoms with E-state index in [0.29, 0.717) is 17.2 Å². The Morgan fingerprint density at radius 3 is 1.69 bits per heavy atom. The van der Waals surface area contributed by atoms with Crippen molar-refractivity contribution in [3.05, 3.63) is 89.0 Å². The summed E-state index contributed by atoms with van der Waals surface area (Å²) in [6.45, 7) is 0.252. The van der Waals surface area contributed by atoms with E-state index in [4.69, 9.17) is 23.7 Å². The number of benzene rings is 4. The summed E-state index contributed by atoms with van der Waals surface area (Å²) in [5.74, 6) is 16.0. The topological polar surface area (TPSA) is 46.2 Å². The van der Waals surface area contributed by atoms with Crippen LogP contribution in [0.5, 0.6) is 28.7 Å². The van der Waals surface area contributed by atoms with Gasteiger partial charge in [0, 0.05) is 22.3 Å². The highest BCUT2D eigenvalue weighted by Gasteiger charge is 2.13. The van der Waals surface area contributed by atoms with Crippen LogP contribution in [0.15, 0.2) is 66.7 Å². The van der Waals surface area contributed by atoms with Gasteiger partial charge in [0.25, 0.3) is 0 Å². The molecule has 5 rings (SSSR count). The summed E-state index contributed by atoms with van der Waals surface area (Å²) in [4.78, 5) is 0. The highest BCUT2D eigenvalue weighted by molar-refractivity contribution is 5.85. The van der Waals surface area contributed by atoms with Crippen molar-refractivity contribution < 1.29 is 23.7 Å². The molecule has 172 valence electrons. The Kier molecular flexibility index (Phi) is 6.07. The van der Waals surface area contributed by atoms with Crippen LogP contribution < -0.4 is 23.7 Å². The van der Waals surface area contributed by atoms with E-state index in [2.05, 4.69) is 47.9 Å². The molecule has 35 heavy (non-hydrogen) atoms. The van der Waals surface area contributed by atoms with E-state index < -0.39 is 0 Å². The van der Waals surface area contributed by atoms with Crippen LogP contribution in [0.3, 0.4) is 0 Å². The fraction of sp³-hybridized carbons (Fsp3) is 0.133. The van der Waals surface area contributed by atoms with Crippen LogP contribution in [0.1, 0.15) is 22.3 Å². The maximum atomic E-state index is 5.43. The molecule has 0 bridgehead atoms.